The third-order valence-corrected chi connectivity index (χ3v) is 4.86. The van der Waals surface area contributed by atoms with Crippen LogP contribution in [0.2, 0.25) is 0 Å². The summed E-state index contributed by atoms with van der Waals surface area (Å²) in [6.45, 7) is 1.99. The van der Waals surface area contributed by atoms with Crippen LogP contribution >= 0.6 is 11.8 Å². The summed E-state index contributed by atoms with van der Waals surface area (Å²) < 4.78 is 14.8. The molecule has 0 aliphatic carbocycles. The third kappa shape index (κ3) is 5.62. The lowest BCUT2D eigenvalue weighted by atomic mass is 10.1. The molecule has 27 heavy (non-hydrogen) atoms. The second-order valence-corrected chi connectivity index (χ2v) is 7.08. The number of carbonyl (C=O) groups is 1. The number of hydrogen-bond acceptors (Lipinski definition) is 5. The molecular formula is C19H20FN5OS. The summed E-state index contributed by atoms with van der Waals surface area (Å²) in [5.74, 6) is -0.274. The molecule has 140 valence electrons. The van der Waals surface area contributed by atoms with Crippen LogP contribution in [0.1, 0.15) is 18.9 Å². The van der Waals surface area contributed by atoms with E-state index in [1.807, 2.05) is 25.1 Å². The number of nitrogens with one attached hydrogen (secondary N) is 1. The molecule has 0 fully saturated rings. The summed E-state index contributed by atoms with van der Waals surface area (Å²) in [7, 11) is 0. The molecule has 0 bridgehead atoms. The lowest BCUT2D eigenvalue weighted by Crippen LogP contribution is -2.34. The zero-order chi connectivity index (χ0) is 19.1. The highest BCUT2D eigenvalue weighted by Crippen LogP contribution is 2.18. The fourth-order valence-corrected chi connectivity index (χ4v) is 3.29. The Morgan fingerprint density at radius 2 is 2.04 bits per heavy atom. The molecule has 0 aliphatic rings. The van der Waals surface area contributed by atoms with Crippen molar-refractivity contribution < 1.29 is 9.18 Å². The Bertz CT molecular complexity index is 887. The predicted molar refractivity (Wildman–Crippen MR) is 102 cm³/mol. The summed E-state index contributed by atoms with van der Waals surface area (Å²) in [6.07, 6.45) is 1.77. The summed E-state index contributed by atoms with van der Waals surface area (Å²) in [5, 5.41) is 14.8. The topological polar surface area (TPSA) is 72.7 Å². The van der Waals surface area contributed by atoms with Crippen LogP contribution in [0.25, 0.3) is 5.69 Å². The van der Waals surface area contributed by atoms with E-state index in [0.29, 0.717) is 10.8 Å². The molecule has 8 heteroatoms. The average molecular weight is 385 g/mol. The first-order valence-electron chi connectivity index (χ1n) is 8.62. The maximum absolute atomic E-state index is 13.4. The van der Waals surface area contributed by atoms with Crippen molar-refractivity contribution in [2.45, 2.75) is 31.0 Å². The van der Waals surface area contributed by atoms with Crippen molar-refractivity contribution in [2.24, 2.45) is 0 Å². The monoisotopic (exact) mass is 385 g/mol. The minimum atomic E-state index is -0.371. The van der Waals surface area contributed by atoms with Crippen molar-refractivity contribution in [1.29, 1.82) is 0 Å². The SMILES string of the molecule is C[C@H](CCc1ccccc1)NC(=O)CSc1nnnn1-c1cccc(F)c1. The number of tetrazole rings is 1. The number of benzene rings is 2. The highest BCUT2D eigenvalue weighted by atomic mass is 32.2. The lowest BCUT2D eigenvalue weighted by molar-refractivity contribution is -0.119. The quantitative estimate of drug-likeness (QED) is 0.604. The van der Waals surface area contributed by atoms with Gasteiger partial charge in [0.25, 0.3) is 0 Å². The Morgan fingerprint density at radius 1 is 1.22 bits per heavy atom. The van der Waals surface area contributed by atoms with Gasteiger partial charge in [0.15, 0.2) is 0 Å². The Balaban J connectivity index is 1.49. The van der Waals surface area contributed by atoms with Crippen LogP contribution in [-0.4, -0.2) is 37.9 Å². The Labute approximate surface area is 161 Å². The van der Waals surface area contributed by atoms with Crippen molar-refractivity contribution in [3.8, 4) is 5.69 Å². The van der Waals surface area contributed by atoms with Crippen molar-refractivity contribution in [1.82, 2.24) is 25.5 Å². The van der Waals surface area contributed by atoms with Gasteiger partial charge >= 0.3 is 0 Å². The molecule has 3 aromatic rings. The smallest absolute Gasteiger partial charge is 0.230 e. The number of thioether (sulfide) groups is 1. The Hall–Kier alpha value is -2.74. The number of nitrogens with zero attached hydrogens (tertiary/aromatic N) is 4. The largest absolute Gasteiger partial charge is 0.353 e. The third-order valence-electron chi connectivity index (χ3n) is 3.94. The minimum absolute atomic E-state index is 0.0671. The fourth-order valence-electron chi connectivity index (χ4n) is 2.59. The maximum atomic E-state index is 13.4. The van der Waals surface area contributed by atoms with Gasteiger partial charge in [0.2, 0.25) is 11.1 Å². The van der Waals surface area contributed by atoms with Crippen molar-refractivity contribution >= 4 is 17.7 Å². The lowest BCUT2D eigenvalue weighted by Gasteiger charge is -2.13. The standard InChI is InChI=1S/C19H20FN5OS/c1-14(10-11-15-6-3-2-4-7-15)21-18(26)13-27-19-22-23-24-25(19)17-9-5-8-16(20)12-17/h2-9,12,14H,10-11,13H2,1H3,(H,21,26)/t14-/m1/s1. The van der Waals surface area contributed by atoms with E-state index in [4.69, 9.17) is 0 Å². The number of carbonyl (C=O) groups excluding carboxylic acids is 1. The van der Waals surface area contributed by atoms with Crippen LogP contribution in [-0.2, 0) is 11.2 Å². The molecule has 1 aromatic heterocycles. The van der Waals surface area contributed by atoms with Crippen molar-refractivity contribution in [2.75, 3.05) is 5.75 Å². The van der Waals surface area contributed by atoms with Crippen LogP contribution < -0.4 is 5.32 Å². The summed E-state index contributed by atoms with van der Waals surface area (Å²) in [4.78, 5) is 12.2. The predicted octanol–water partition coefficient (Wildman–Crippen LogP) is 3.03. The molecule has 1 N–H and O–H groups in total. The zero-order valence-corrected chi connectivity index (χ0v) is 15.7. The average Bonchev–Trinajstić information content (AvgIpc) is 3.14. The molecule has 0 radical (unpaired) electrons. The van der Waals surface area contributed by atoms with E-state index in [1.165, 1.54) is 34.1 Å². The molecule has 6 nitrogen and oxygen atoms in total. The van der Waals surface area contributed by atoms with Gasteiger partial charge in [0.1, 0.15) is 5.82 Å². The highest BCUT2D eigenvalue weighted by Gasteiger charge is 2.13. The summed E-state index contributed by atoms with van der Waals surface area (Å²) >= 11 is 1.21. The number of aromatic nitrogens is 4. The molecule has 2 aromatic carbocycles. The molecular weight excluding hydrogens is 365 g/mol. The number of hydrogen-bond donors (Lipinski definition) is 1. The Kier molecular flexibility index (Phi) is 6.54. The van der Waals surface area contributed by atoms with E-state index in [0.717, 1.165) is 12.8 Å². The second-order valence-electron chi connectivity index (χ2n) is 6.13. The second kappa shape index (κ2) is 9.27. The molecule has 0 saturated carbocycles. The molecule has 0 saturated heterocycles. The van der Waals surface area contributed by atoms with Crippen LogP contribution in [0.5, 0.6) is 0 Å². The molecule has 1 amide bonds. The Morgan fingerprint density at radius 3 is 2.81 bits per heavy atom. The van der Waals surface area contributed by atoms with E-state index in [1.54, 1.807) is 12.1 Å². The first-order valence-corrected chi connectivity index (χ1v) is 9.61. The first kappa shape index (κ1) is 19.0. The number of rotatable bonds is 8. The van der Waals surface area contributed by atoms with Crippen LogP contribution in [0.15, 0.2) is 59.8 Å². The molecule has 3 rings (SSSR count). The first-order chi connectivity index (χ1) is 13.1. The normalized spacial score (nSPS) is 11.9. The number of halogens is 1. The van der Waals surface area contributed by atoms with E-state index in [2.05, 4.69) is 33.0 Å². The molecule has 1 heterocycles. The van der Waals surface area contributed by atoms with Crippen LogP contribution in [0.4, 0.5) is 4.39 Å². The van der Waals surface area contributed by atoms with Crippen molar-refractivity contribution in [3.05, 3.63) is 66.0 Å². The number of aryl methyl sites for hydroxylation is 1. The van der Waals surface area contributed by atoms with Gasteiger partial charge in [-0.25, -0.2) is 4.39 Å². The van der Waals surface area contributed by atoms with Gasteiger partial charge in [-0.3, -0.25) is 4.79 Å². The van der Waals surface area contributed by atoms with E-state index in [9.17, 15) is 9.18 Å². The fraction of sp³-hybridized carbons (Fsp3) is 0.263. The summed E-state index contributed by atoms with van der Waals surface area (Å²) in [5.41, 5.74) is 1.77. The molecule has 1 atom stereocenters. The van der Waals surface area contributed by atoms with Gasteiger partial charge < -0.3 is 5.32 Å². The van der Waals surface area contributed by atoms with E-state index >= 15 is 0 Å². The van der Waals surface area contributed by atoms with Gasteiger partial charge in [-0.15, -0.1) is 5.10 Å². The minimum Gasteiger partial charge on any atom is -0.353 e. The molecule has 0 aliphatic heterocycles. The maximum Gasteiger partial charge on any atom is 0.230 e. The van der Waals surface area contributed by atoms with E-state index < -0.39 is 0 Å². The van der Waals surface area contributed by atoms with E-state index in [-0.39, 0.29) is 23.5 Å². The molecule has 0 unspecified atom stereocenters. The zero-order valence-electron chi connectivity index (χ0n) is 14.9. The summed E-state index contributed by atoms with van der Waals surface area (Å²) in [6, 6.07) is 16.2. The van der Waals surface area contributed by atoms with Gasteiger partial charge in [-0.1, -0.05) is 48.2 Å². The molecule has 0 spiro atoms. The van der Waals surface area contributed by atoms with Crippen molar-refractivity contribution in [3.63, 3.8) is 0 Å². The van der Waals surface area contributed by atoms with Gasteiger partial charge in [-0.05, 0) is 54.0 Å². The van der Waals surface area contributed by atoms with Gasteiger partial charge in [-0.2, -0.15) is 4.68 Å². The van der Waals surface area contributed by atoms with Crippen LogP contribution in [0, 0.1) is 5.82 Å². The van der Waals surface area contributed by atoms with Gasteiger partial charge in [0, 0.05) is 6.04 Å². The van der Waals surface area contributed by atoms with Crippen LogP contribution in [0.3, 0.4) is 0 Å². The van der Waals surface area contributed by atoms with Gasteiger partial charge in [0.05, 0.1) is 11.4 Å². The highest BCUT2D eigenvalue weighted by molar-refractivity contribution is 7.99. The number of amides is 1.